The SMILES string of the molecule is Cl.c1ccc2cc(OCC3CCCNC3)ccc2c1. The number of hydrogen-bond acceptors (Lipinski definition) is 2. The third kappa shape index (κ3) is 3.62. The van der Waals surface area contributed by atoms with Crippen LogP contribution in [0.3, 0.4) is 0 Å². The minimum absolute atomic E-state index is 0. The first-order valence-corrected chi connectivity index (χ1v) is 6.74. The molecule has 1 unspecified atom stereocenters. The van der Waals surface area contributed by atoms with Crippen molar-refractivity contribution in [1.82, 2.24) is 5.32 Å². The fourth-order valence-electron chi connectivity index (χ4n) is 2.54. The lowest BCUT2D eigenvalue weighted by Crippen LogP contribution is -2.33. The third-order valence-corrected chi connectivity index (χ3v) is 3.61. The first-order chi connectivity index (χ1) is 8.92. The monoisotopic (exact) mass is 277 g/mol. The standard InChI is InChI=1S/C16H19NO.ClH/c1-2-6-15-10-16(8-7-14(15)5-1)18-12-13-4-3-9-17-11-13;/h1-2,5-8,10,13,17H,3-4,9,11-12H2;1H. The number of piperidine rings is 1. The summed E-state index contributed by atoms with van der Waals surface area (Å²) in [5, 5.41) is 5.94. The summed E-state index contributed by atoms with van der Waals surface area (Å²) in [7, 11) is 0. The Morgan fingerprint density at radius 2 is 1.95 bits per heavy atom. The molecular weight excluding hydrogens is 258 g/mol. The lowest BCUT2D eigenvalue weighted by molar-refractivity contribution is 0.218. The Balaban J connectivity index is 0.00000133. The Labute approximate surface area is 120 Å². The zero-order valence-electron chi connectivity index (χ0n) is 11.0. The average molecular weight is 278 g/mol. The van der Waals surface area contributed by atoms with Gasteiger partial charge in [-0.3, -0.25) is 0 Å². The first kappa shape index (κ1) is 14.2. The van der Waals surface area contributed by atoms with Crippen LogP contribution in [0.1, 0.15) is 12.8 Å². The minimum atomic E-state index is 0. The predicted molar refractivity (Wildman–Crippen MR) is 82.3 cm³/mol. The zero-order chi connectivity index (χ0) is 12.2. The van der Waals surface area contributed by atoms with Crippen molar-refractivity contribution in [3.8, 4) is 5.75 Å². The van der Waals surface area contributed by atoms with E-state index in [9.17, 15) is 0 Å². The fraction of sp³-hybridized carbons (Fsp3) is 0.375. The molecule has 0 aromatic heterocycles. The van der Waals surface area contributed by atoms with Crippen molar-refractivity contribution in [2.24, 2.45) is 5.92 Å². The van der Waals surface area contributed by atoms with Gasteiger partial charge in [-0.1, -0.05) is 30.3 Å². The molecule has 0 spiro atoms. The van der Waals surface area contributed by atoms with Crippen molar-refractivity contribution in [2.45, 2.75) is 12.8 Å². The fourth-order valence-corrected chi connectivity index (χ4v) is 2.54. The highest BCUT2D eigenvalue weighted by atomic mass is 35.5. The molecule has 2 nitrogen and oxygen atoms in total. The molecule has 2 aromatic rings. The van der Waals surface area contributed by atoms with Crippen molar-refractivity contribution in [3.05, 3.63) is 42.5 Å². The molecule has 1 atom stereocenters. The van der Waals surface area contributed by atoms with Crippen LogP contribution in [0.4, 0.5) is 0 Å². The number of rotatable bonds is 3. The Kier molecular flexibility index (Phi) is 5.06. The number of nitrogens with one attached hydrogen (secondary N) is 1. The van der Waals surface area contributed by atoms with Crippen LogP contribution in [-0.2, 0) is 0 Å². The van der Waals surface area contributed by atoms with E-state index < -0.39 is 0 Å². The number of fused-ring (bicyclic) bond motifs is 1. The number of hydrogen-bond donors (Lipinski definition) is 1. The Morgan fingerprint density at radius 3 is 2.74 bits per heavy atom. The van der Waals surface area contributed by atoms with E-state index in [2.05, 4.69) is 47.8 Å². The Bertz CT molecular complexity index is 523. The van der Waals surface area contributed by atoms with Gasteiger partial charge in [-0.05, 0) is 42.3 Å². The largest absolute Gasteiger partial charge is 0.493 e. The van der Waals surface area contributed by atoms with Gasteiger partial charge in [0.05, 0.1) is 6.61 Å². The van der Waals surface area contributed by atoms with E-state index in [-0.39, 0.29) is 12.4 Å². The van der Waals surface area contributed by atoms with Crippen molar-refractivity contribution < 1.29 is 4.74 Å². The van der Waals surface area contributed by atoms with Gasteiger partial charge in [-0.15, -0.1) is 12.4 Å². The summed E-state index contributed by atoms with van der Waals surface area (Å²) in [6.45, 7) is 3.07. The van der Waals surface area contributed by atoms with Crippen LogP contribution in [0.5, 0.6) is 5.75 Å². The summed E-state index contributed by atoms with van der Waals surface area (Å²) in [5.41, 5.74) is 0. The molecule has 0 saturated carbocycles. The van der Waals surface area contributed by atoms with Gasteiger partial charge in [-0.2, -0.15) is 0 Å². The Hall–Kier alpha value is -1.25. The summed E-state index contributed by atoms with van der Waals surface area (Å²) in [5.74, 6) is 1.64. The van der Waals surface area contributed by atoms with Crippen LogP contribution in [-0.4, -0.2) is 19.7 Å². The minimum Gasteiger partial charge on any atom is -0.493 e. The summed E-state index contributed by atoms with van der Waals surface area (Å²) < 4.78 is 5.91. The number of benzene rings is 2. The van der Waals surface area contributed by atoms with Crippen LogP contribution in [0.25, 0.3) is 10.8 Å². The van der Waals surface area contributed by atoms with Crippen molar-refractivity contribution in [1.29, 1.82) is 0 Å². The molecule has 1 aliphatic heterocycles. The quantitative estimate of drug-likeness (QED) is 0.925. The van der Waals surface area contributed by atoms with Crippen LogP contribution < -0.4 is 10.1 Å². The maximum absolute atomic E-state index is 5.91. The van der Waals surface area contributed by atoms with E-state index >= 15 is 0 Å². The van der Waals surface area contributed by atoms with Crippen LogP contribution in [0.2, 0.25) is 0 Å². The lowest BCUT2D eigenvalue weighted by Gasteiger charge is -2.22. The second-order valence-electron chi connectivity index (χ2n) is 5.03. The van der Waals surface area contributed by atoms with Crippen LogP contribution >= 0.6 is 12.4 Å². The van der Waals surface area contributed by atoms with Gasteiger partial charge >= 0.3 is 0 Å². The number of halogens is 1. The van der Waals surface area contributed by atoms with E-state index in [1.54, 1.807) is 0 Å². The molecule has 1 aliphatic rings. The van der Waals surface area contributed by atoms with Crippen LogP contribution in [0.15, 0.2) is 42.5 Å². The molecule has 1 saturated heterocycles. The normalized spacial score (nSPS) is 18.8. The molecule has 102 valence electrons. The van der Waals surface area contributed by atoms with Gasteiger partial charge < -0.3 is 10.1 Å². The summed E-state index contributed by atoms with van der Waals surface area (Å²) >= 11 is 0. The van der Waals surface area contributed by atoms with E-state index in [4.69, 9.17) is 4.74 Å². The molecule has 1 fully saturated rings. The Morgan fingerprint density at radius 1 is 1.11 bits per heavy atom. The van der Waals surface area contributed by atoms with Gasteiger partial charge in [0.25, 0.3) is 0 Å². The van der Waals surface area contributed by atoms with Crippen molar-refractivity contribution >= 4 is 23.2 Å². The molecule has 0 aliphatic carbocycles. The highest BCUT2D eigenvalue weighted by Crippen LogP contribution is 2.21. The summed E-state index contributed by atoms with van der Waals surface area (Å²) in [6.07, 6.45) is 2.55. The van der Waals surface area contributed by atoms with Crippen LogP contribution in [0, 0.1) is 5.92 Å². The number of ether oxygens (including phenoxy) is 1. The summed E-state index contributed by atoms with van der Waals surface area (Å²) in [6, 6.07) is 14.7. The third-order valence-electron chi connectivity index (χ3n) is 3.61. The molecule has 1 N–H and O–H groups in total. The molecule has 19 heavy (non-hydrogen) atoms. The second kappa shape index (κ2) is 6.78. The predicted octanol–water partition coefficient (Wildman–Crippen LogP) is 3.64. The van der Waals surface area contributed by atoms with Gasteiger partial charge in [0.2, 0.25) is 0 Å². The molecule has 0 radical (unpaired) electrons. The lowest BCUT2D eigenvalue weighted by atomic mass is 10.0. The van der Waals surface area contributed by atoms with Gasteiger partial charge in [0, 0.05) is 12.5 Å². The van der Waals surface area contributed by atoms with Gasteiger partial charge in [0.1, 0.15) is 5.75 Å². The molecule has 3 heteroatoms. The van der Waals surface area contributed by atoms with Crippen molar-refractivity contribution in [3.63, 3.8) is 0 Å². The summed E-state index contributed by atoms with van der Waals surface area (Å²) in [4.78, 5) is 0. The second-order valence-corrected chi connectivity index (χ2v) is 5.03. The smallest absolute Gasteiger partial charge is 0.119 e. The topological polar surface area (TPSA) is 21.3 Å². The van der Waals surface area contributed by atoms with Gasteiger partial charge in [0.15, 0.2) is 0 Å². The van der Waals surface area contributed by atoms with Crippen molar-refractivity contribution in [2.75, 3.05) is 19.7 Å². The zero-order valence-corrected chi connectivity index (χ0v) is 11.8. The maximum Gasteiger partial charge on any atom is 0.119 e. The molecule has 1 heterocycles. The van der Waals surface area contributed by atoms with E-state index in [1.807, 2.05) is 0 Å². The molecule has 0 bridgehead atoms. The first-order valence-electron chi connectivity index (χ1n) is 6.74. The van der Waals surface area contributed by atoms with Gasteiger partial charge in [-0.25, -0.2) is 0 Å². The molecule has 0 amide bonds. The highest BCUT2D eigenvalue weighted by molar-refractivity contribution is 5.85. The highest BCUT2D eigenvalue weighted by Gasteiger charge is 2.13. The maximum atomic E-state index is 5.91. The van der Waals surface area contributed by atoms with E-state index in [0.717, 1.165) is 25.4 Å². The average Bonchev–Trinajstić information content (AvgIpc) is 2.46. The molecule has 3 rings (SSSR count). The molecule has 2 aromatic carbocycles. The molecular formula is C16H20ClNO. The van der Waals surface area contributed by atoms with E-state index in [0.29, 0.717) is 5.92 Å². The van der Waals surface area contributed by atoms with E-state index in [1.165, 1.54) is 23.6 Å².